The maximum absolute atomic E-state index is 12.2. The average molecular weight is 454 g/mol. The van der Waals surface area contributed by atoms with Crippen LogP contribution in [-0.2, 0) is 24.3 Å². The Morgan fingerprint density at radius 2 is 1.63 bits per heavy atom. The van der Waals surface area contributed by atoms with Gasteiger partial charge < -0.3 is 15.4 Å². The minimum atomic E-state index is -3.85. The van der Waals surface area contributed by atoms with Gasteiger partial charge in [0.15, 0.2) is 6.10 Å². The van der Waals surface area contributed by atoms with Crippen LogP contribution in [-0.4, -0.2) is 38.3 Å². The van der Waals surface area contributed by atoms with E-state index < -0.39 is 40.0 Å². The summed E-state index contributed by atoms with van der Waals surface area (Å²) in [7, 11) is -3.85. The number of anilines is 1. The van der Waals surface area contributed by atoms with E-state index in [9.17, 15) is 22.8 Å². The summed E-state index contributed by atoms with van der Waals surface area (Å²) in [5.41, 5.74) is 0.489. The first-order valence-electron chi connectivity index (χ1n) is 8.68. The Bertz CT molecular complexity index is 1060. The van der Waals surface area contributed by atoms with Gasteiger partial charge in [-0.2, -0.15) is 0 Å². The van der Waals surface area contributed by atoms with Crippen LogP contribution in [0.25, 0.3) is 0 Å². The molecular weight excluding hydrogens is 434 g/mol. The quantitative estimate of drug-likeness (QED) is 0.544. The van der Waals surface area contributed by atoms with Gasteiger partial charge in [0.25, 0.3) is 11.8 Å². The van der Waals surface area contributed by atoms with Gasteiger partial charge in [0.1, 0.15) is 6.04 Å². The Morgan fingerprint density at radius 1 is 1.03 bits per heavy atom. The lowest BCUT2D eigenvalue weighted by Crippen LogP contribution is -2.42. The summed E-state index contributed by atoms with van der Waals surface area (Å²) in [6, 6.07) is 10.5. The largest absolute Gasteiger partial charge is 0.451 e. The molecule has 0 radical (unpaired) electrons. The molecule has 0 aliphatic carbocycles. The Hall–Kier alpha value is -2.95. The molecule has 2 atom stereocenters. The van der Waals surface area contributed by atoms with E-state index in [-0.39, 0.29) is 21.2 Å². The molecule has 0 fully saturated rings. The van der Waals surface area contributed by atoms with Gasteiger partial charge in [0.2, 0.25) is 10.0 Å². The lowest BCUT2D eigenvalue weighted by molar-refractivity contribution is -0.154. The lowest BCUT2D eigenvalue weighted by Gasteiger charge is -2.18. The first-order chi connectivity index (χ1) is 14.0. The highest BCUT2D eigenvalue weighted by molar-refractivity contribution is 7.89. The van der Waals surface area contributed by atoms with Crippen molar-refractivity contribution in [2.45, 2.75) is 30.9 Å². The maximum Gasteiger partial charge on any atom is 0.329 e. The van der Waals surface area contributed by atoms with Gasteiger partial charge >= 0.3 is 5.97 Å². The van der Waals surface area contributed by atoms with Crippen LogP contribution in [0.5, 0.6) is 0 Å². The van der Waals surface area contributed by atoms with Gasteiger partial charge in [-0.3, -0.25) is 9.59 Å². The van der Waals surface area contributed by atoms with Crippen LogP contribution in [0.15, 0.2) is 53.4 Å². The summed E-state index contributed by atoms with van der Waals surface area (Å²) in [5, 5.41) is 10.2. The molecule has 0 aliphatic heterocycles. The second kappa shape index (κ2) is 9.70. The molecule has 2 aromatic rings. The van der Waals surface area contributed by atoms with Crippen molar-refractivity contribution in [3.63, 3.8) is 0 Å². The van der Waals surface area contributed by atoms with E-state index in [4.69, 9.17) is 21.5 Å². The smallest absolute Gasteiger partial charge is 0.329 e. The molecule has 4 N–H and O–H groups in total. The standard InChI is InChI=1S/C19H20ClN3O6S/c1-11(22-18(25)15-5-3-4-6-16(15)20)19(26)29-12(2)17(24)23-13-7-9-14(10-8-13)30(21,27)28/h3-12H,1-2H3,(H,22,25)(H,23,24)(H2,21,27,28). The molecule has 2 amide bonds. The summed E-state index contributed by atoms with van der Waals surface area (Å²) in [6.07, 6.45) is -1.17. The summed E-state index contributed by atoms with van der Waals surface area (Å²) >= 11 is 5.95. The number of benzene rings is 2. The topological polar surface area (TPSA) is 145 Å². The monoisotopic (exact) mass is 453 g/mol. The van der Waals surface area contributed by atoms with E-state index in [0.29, 0.717) is 0 Å². The summed E-state index contributed by atoms with van der Waals surface area (Å²) in [5.74, 6) is -2.02. The van der Waals surface area contributed by atoms with E-state index in [0.717, 1.165) is 0 Å². The van der Waals surface area contributed by atoms with Crippen LogP contribution in [0.1, 0.15) is 24.2 Å². The van der Waals surface area contributed by atoms with Crippen molar-refractivity contribution >= 4 is 45.1 Å². The third-order valence-corrected chi connectivity index (χ3v) is 5.19. The Balaban J connectivity index is 1.91. The molecule has 11 heteroatoms. The van der Waals surface area contributed by atoms with Gasteiger partial charge in [-0.05, 0) is 50.2 Å². The SMILES string of the molecule is CC(NC(=O)c1ccccc1Cl)C(=O)OC(C)C(=O)Nc1ccc(S(N)(=O)=O)cc1. The van der Waals surface area contributed by atoms with Crippen molar-refractivity contribution in [1.82, 2.24) is 5.32 Å². The zero-order valence-electron chi connectivity index (χ0n) is 16.1. The number of carbonyl (C=O) groups is 3. The second-order valence-corrected chi connectivity index (χ2v) is 8.28. The molecule has 0 heterocycles. The molecule has 0 saturated heterocycles. The fraction of sp³-hybridized carbons (Fsp3) is 0.211. The minimum Gasteiger partial charge on any atom is -0.451 e. The number of nitrogens with two attached hydrogens (primary N) is 1. The minimum absolute atomic E-state index is 0.108. The normalized spacial score (nSPS) is 13.1. The van der Waals surface area contributed by atoms with Crippen molar-refractivity contribution in [2.24, 2.45) is 5.14 Å². The number of esters is 1. The first kappa shape index (κ1) is 23.3. The molecule has 2 rings (SSSR count). The van der Waals surface area contributed by atoms with Crippen molar-refractivity contribution in [1.29, 1.82) is 0 Å². The number of nitrogens with one attached hydrogen (secondary N) is 2. The number of carbonyl (C=O) groups excluding carboxylic acids is 3. The fourth-order valence-corrected chi connectivity index (χ4v) is 3.02. The summed E-state index contributed by atoms with van der Waals surface area (Å²) < 4.78 is 27.6. The molecule has 0 aliphatic rings. The zero-order chi connectivity index (χ0) is 22.5. The molecule has 9 nitrogen and oxygen atoms in total. The lowest BCUT2D eigenvalue weighted by atomic mass is 10.2. The van der Waals surface area contributed by atoms with Gasteiger partial charge in [0.05, 0.1) is 15.5 Å². The van der Waals surface area contributed by atoms with Crippen molar-refractivity contribution < 1.29 is 27.5 Å². The molecule has 0 saturated carbocycles. The van der Waals surface area contributed by atoms with Gasteiger partial charge in [-0.25, -0.2) is 18.4 Å². The molecule has 2 aromatic carbocycles. The van der Waals surface area contributed by atoms with Gasteiger partial charge in [0, 0.05) is 5.69 Å². The highest BCUT2D eigenvalue weighted by Gasteiger charge is 2.24. The van der Waals surface area contributed by atoms with Crippen molar-refractivity contribution in [2.75, 3.05) is 5.32 Å². The van der Waals surface area contributed by atoms with E-state index in [2.05, 4.69) is 10.6 Å². The number of halogens is 1. The fourth-order valence-electron chi connectivity index (χ4n) is 2.28. The average Bonchev–Trinajstić information content (AvgIpc) is 2.67. The van der Waals surface area contributed by atoms with Crippen LogP contribution >= 0.6 is 11.6 Å². The van der Waals surface area contributed by atoms with Gasteiger partial charge in [-0.15, -0.1) is 0 Å². The maximum atomic E-state index is 12.2. The number of hydrogen-bond acceptors (Lipinski definition) is 6. The molecule has 30 heavy (non-hydrogen) atoms. The third-order valence-electron chi connectivity index (χ3n) is 3.93. The molecular formula is C19H20ClN3O6S. The predicted molar refractivity (Wildman–Crippen MR) is 110 cm³/mol. The molecule has 2 unspecified atom stereocenters. The Morgan fingerprint density at radius 3 is 2.20 bits per heavy atom. The number of amides is 2. The summed E-state index contributed by atoms with van der Waals surface area (Å²) in [6.45, 7) is 2.77. The third kappa shape index (κ3) is 6.28. The van der Waals surface area contributed by atoms with Crippen LogP contribution in [0, 0.1) is 0 Å². The molecule has 0 spiro atoms. The zero-order valence-corrected chi connectivity index (χ0v) is 17.7. The predicted octanol–water partition coefficient (Wildman–Crippen LogP) is 1.68. The number of rotatable bonds is 7. The van der Waals surface area contributed by atoms with Crippen LogP contribution in [0.3, 0.4) is 0 Å². The van der Waals surface area contributed by atoms with Crippen molar-refractivity contribution in [3.05, 3.63) is 59.1 Å². The molecule has 160 valence electrons. The van der Waals surface area contributed by atoms with Gasteiger partial charge in [-0.1, -0.05) is 23.7 Å². The van der Waals surface area contributed by atoms with Crippen LogP contribution in [0.2, 0.25) is 5.02 Å². The molecule has 0 bridgehead atoms. The van der Waals surface area contributed by atoms with Crippen LogP contribution in [0.4, 0.5) is 5.69 Å². The van der Waals surface area contributed by atoms with Crippen molar-refractivity contribution in [3.8, 4) is 0 Å². The van der Waals surface area contributed by atoms with E-state index >= 15 is 0 Å². The number of primary sulfonamides is 1. The Kier molecular flexibility index (Phi) is 7.54. The van der Waals surface area contributed by atoms with E-state index in [1.165, 1.54) is 44.2 Å². The number of hydrogen-bond donors (Lipinski definition) is 3. The van der Waals surface area contributed by atoms with Crippen LogP contribution < -0.4 is 15.8 Å². The number of ether oxygens (including phenoxy) is 1. The highest BCUT2D eigenvalue weighted by atomic mass is 35.5. The summed E-state index contributed by atoms with van der Waals surface area (Å²) in [4.78, 5) is 36.5. The van der Waals surface area contributed by atoms with E-state index in [1.807, 2.05) is 0 Å². The molecule has 0 aromatic heterocycles. The van der Waals surface area contributed by atoms with E-state index in [1.54, 1.807) is 18.2 Å². The Labute approximate surface area is 178 Å². The second-order valence-electron chi connectivity index (χ2n) is 6.31. The number of sulfonamides is 1. The highest BCUT2D eigenvalue weighted by Crippen LogP contribution is 2.15. The first-order valence-corrected chi connectivity index (χ1v) is 10.6.